The molecule has 2 atom stereocenters. The van der Waals surface area contributed by atoms with Crippen LogP contribution in [-0.4, -0.2) is 36.2 Å². The van der Waals surface area contributed by atoms with Crippen molar-refractivity contribution in [3.63, 3.8) is 0 Å². The summed E-state index contributed by atoms with van der Waals surface area (Å²) in [7, 11) is 0. The summed E-state index contributed by atoms with van der Waals surface area (Å²) in [6.07, 6.45) is 1.38. The molecule has 0 radical (unpaired) electrons. The van der Waals surface area contributed by atoms with Crippen molar-refractivity contribution in [1.29, 1.82) is 0 Å². The van der Waals surface area contributed by atoms with Gasteiger partial charge in [-0.05, 0) is 62.4 Å². The van der Waals surface area contributed by atoms with Crippen LogP contribution in [0.1, 0.15) is 43.0 Å². The number of aromatic nitrogens is 5. The number of hydrogen-bond donors (Lipinski definition) is 2. The van der Waals surface area contributed by atoms with Crippen LogP contribution >= 0.6 is 0 Å². The van der Waals surface area contributed by atoms with Gasteiger partial charge < -0.3 is 10.4 Å². The van der Waals surface area contributed by atoms with E-state index in [2.05, 4.69) is 25.6 Å². The van der Waals surface area contributed by atoms with Gasteiger partial charge in [-0.3, -0.25) is 0 Å². The summed E-state index contributed by atoms with van der Waals surface area (Å²) >= 11 is 0. The number of hydrogen-bond acceptors (Lipinski definition) is 6. The van der Waals surface area contributed by atoms with Gasteiger partial charge in [0, 0.05) is 17.4 Å². The number of alkyl halides is 3. The van der Waals surface area contributed by atoms with Crippen molar-refractivity contribution in [2.24, 2.45) is 0 Å². The third-order valence-corrected chi connectivity index (χ3v) is 5.08. The quantitative estimate of drug-likeness (QED) is 0.657. The molecule has 2 heterocycles. The Bertz CT molecular complexity index is 1040. The molecule has 30 heavy (non-hydrogen) atoms. The van der Waals surface area contributed by atoms with Gasteiger partial charge in [0.05, 0.1) is 18.3 Å². The van der Waals surface area contributed by atoms with E-state index in [1.54, 1.807) is 16.8 Å². The Kier molecular flexibility index (Phi) is 5.42. The molecule has 0 saturated heterocycles. The van der Waals surface area contributed by atoms with Gasteiger partial charge in [0.1, 0.15) is 11.4 Å². The molecule has 1 aliphatic carbocycles. The first-order valence-electron chi connectivity index (χ1n) is 9.67. The van der Waals surface area contributed by atoms with Crippen molar-refractivity contribution >= 4 is 11.6 Å². The fourth-order valence-corrected chi connectivity index (χ4v) is 3.68. The zero-order chi connectivity index (χ0) is 21.3. The second kappa shape index (κ2) is 8.02. The van der Waals surface area contributed by atoms with E-state index in [-0.39, 0.29) is 18.1 Å². The number of nitrogens with one attached hydrogen (secondary N) is 1. The van der Waals surface area contributed by atoms with Crippen molar-refractivity contribution < 1.29 is 18.3 Å². The van der Waals surface area contributed by atoms with Crippen molar-refractivity contribution in [2.75, 3.05) is 5.32 Å². The van der Waals surface area contributed by atoms with Gasteiger partial charge in [-0.15, -0.1) is 5.10 Å². The van der Waals surface area contributed by atoms with E-state index in [1.807, 2.05) is 19.2 Å². The van der Waals surface area contributed by atoms with Gasteiger partial charge in [0.2, 0.25) is 5.95 Å². The number of nitrogens with zero attached hydrogens (tertiary/aromatic N) is 5. The lowest BCUT2D eigenvalue weighted by Crippen LogP contribution is -2.22. The fraction of sp³-hybridized carbons (Fsp3) is 0.400. The predicted molar refractivity (Wildman–Crippen MR) is 104 cm³/mol. The maximum atomic E-state index is 12.9. The van der Waals surface area contributed by atoms with Crippen LogP contribution in [0.15, 0.2) is 36.7 Å². The molecular weight excluding hydrogens is 397 g/mol. The maximum absolute atomic E-state index is 12.9. The van der Waals surface area contributed by atoms with Gasteiger partial charge in [0.15, 0.2) is 0 Å². The second-order valence-corrected chi connectivity index (χ2v) is 7.53. The molecular formula is C20H21F3N6O. The molecule has 7 nitrogen and oxygen atoms in total. The highest BCUT2D eigenvalue weighted by molar-refractivity contribution is 5.68. The van der Waals surface area contributed by atoms with E-state index in [0.717, 1.165) is 42.7 Å². The predicted octanol–water partition coefficient (Wildman–Crippen LogP) is 4.28. The first-order valence-corrected chi connectivity index (χ1v) is 9.67. The number of aryl methyl sites for hydroxylation is 1. The van der Waals surface area contributed by atoms with E-state index in [0.29, 0.717) is 17.8 Å². The Morgan fingerprint density at radius 2 is 2.03 bits per heavy atom. The zero-order valence-electron chi connectivity index (χ0n) is 16.3. The molecule has 158 valence electrons. The third kappa shape index (κ3) is 4.59. The van der Waals surface area contributed by atoms with Crippen LogP contribution in [0.5, 0.6) is 0 Å². The van der Waals surface area contributed by atoms with E-state index in [9.17, 15) is 18.3 Å². The molecule has 4 rings (SSSR count). The van der Waals surface area contributed by atoms with Gasteiger partial charge in [-0.25, -0.2) is 14.6 Å². The van der Waals surface area contributed by atoms with Gasteiger partial charge in [-0.2, -0.15) is 13.2 Å². The summed E-state index contributed by atoms with van der Waals surface area (Å²) in [6.45, 7) is 1.88. The number of aliphatic hydroxyl groups is 1. The normalized spacial score (nSPS) is 19.6. The number of halogens is 3. The highest BCUT2D eigenvalue weighted by Crippen LogP contribution is 2.31. The Labute approximate surface area is 171 Å². The summed E-state index contributed by atoms with van der Waals surface area (Å²) in [5.74, 6) is -0.138. The largest absolute Gasteiger partial charge is 0.433 e. The Balaban J connectivity index is 1.57. The molecule has 1 saturated carbocycles. The maximum Gasteiger partial charge on any atom is 0.433 e. The fourth-order valence-electron chi connectivity index (χ4n) is 3.68. The molecule has 1 aromatic carbocycles. The minimum Gasteiger partial charge on any atom is -0.393 e. The van der Waals surface area contributed by atoms with Crippen molar-refractivity contribution in [2.45, 2.75) is 50.9 Å². The lowest BCUT2D eigenvalue weighted by Gasteiger charge is -2.25. The average molecular weight is 418 g/mol. The van der Waals surface area contributed by atoms with E-state index in [1.165, 1.54) is 0 Å². The molecule has 0 amide bonds. The van der Waals surface area contributed by atoms with Crippen LogP contribution in [0.25, 0.3) is 11.3 Å². The van der Waals surface area contributed by atoms with Gasteiger partial charge >= 0.3 is 6.18 Å². The molecule has 10 heteroatoms. The smallest absolute Gasteiger partial charge is 0.393 e. The van der Waals surface area contributed by atoms with Crippen molar-refractivity contribution in [3.8, 4) is 11.3 Å². The summed E-state index contributed by atoms with van der Waals surface area (Å²) in [5.41, 5.74) is 1.85. The highest BCUT2D eigenvalue weighted by atomic mass is 19.4. The van der Waals surface area contributed by atoms with Crippen LogP contribution in [-0.2, 0) is 6.18 Å². The SMILES string of the molecule is Cc1cc(Nc2nccc(C(F)(F)F)n2)cc(-c2cn([C@H]3CCC[C@@H](O)C3)nn2)c1. The first kappa shape index (κ1) is 20.3. The first-order chi connectivity index (χ1) is 14.3. The van der Waals surface area contributed by atoms with Crippen LogP contribution in [0.3, 0.4) is 0 Å². The number of rotatable bonds is 4. The summed E-state index contributed by atoms with van der Waals surface area (Å²) in [4.78, 5) is 7.42. The molecule has 1 aliphatic rings. The Morgan fingerprint density at radius 1 is 1.20 bits per heavy atom. The van der Waals surface area contributed by atoms with Crippen LogP contribution < -0.4 is 5.32 Å². The summed E-state index contributed by atoms with van der Waals surface area (Å²) < 4.78 is 40.4. The van der Waals surface area contributed by atoms with Gasteiger partial charge in [-0.1, -0.05) is 5.21 Å². The number of aliphatic hydroxyl groups excluding tert-OH is 1. The summed E-state index contributed by atoms with van der Waals surface area (Å²) in [6, 6.07) is 6.40. The number of benzene rings is 1. The lowest BCUT2D eigenvalue weighted by molar-refractivity contribution is -0.141. The molecule has 1 fully saturated rings. The second-order valence-electron chi connectivity index (χ2n) is 7.53. The number of anilines is 2. The monoisotopic (exact) mass is 418 g/mol. The van der Waals surface area contributed by atoms with E-state index >= 15 is 0 Å². The van der Waals surface area contributed by atoms with Crippen LogP contribution in [0.2, 0.25) is 0 Å². The Hall–Kier alpha value is -3.01. The summed E-state index contributed by atoms with van der Waals surface area (Å²) in [5, 5.41) is 21.2. The van der Waals surface area contributed by atoms with E-state index in [4.69, 9.17) is 0 Å². The lowest BCUT2D eigenvalue weighted by atomic mass is 9.93. The minimum absolute atomic E-state index is 0.107. The highest BCUT2D eigenvalue weighted by Gasteiger charge is 2.32. The topological polar surface area (TPSA) is 88.8 Å². The van der Waals surface area contributed by atoms with Gasteiger partial charge in [0.25, 0.3) is 0 Å². The molecule has 2 aromatic heterocycles. The molecule has 0 aliphatic heterocycles. The third-order valence-electron chi connectivity index (χ3n) is 5.08. The minimum atomic E-state index is -4.54. The van der Waals surface area contributed by atoms with Crippen molar-refractivity contribution in [1.82, 2.24) is 25.0 Å². The molecule has 0 spiro atoms. The molecule has 0 bridgehead atoms. The van der Waals surface area contributed by atoms with E-state index < -0.39 is 11.9 Å². The molecule has 3 aromatic rings. The Morgan fingerprint density at radius 3 is 2.80 bits per heavy atom. The van der Waals surface area contributed by atoms with Crippen LogP contribution in [0.4, 0.5) is 24.8 Å². The standard InChI is InChI=1S/C20H21F3N6O/c1-12-7-13(17-11-29(28-27-17)15-3-2-4-16(30)10-15)9-14(8-12)25-19-24-6-5-18(26-19)20(21,22)23/h5-9,11,15-16,30H,2-4,10H2,1H3,(H,24,25,26)/t15-,16+/m0/s1. The zero-order valence-corrected chi connectivity index (χ0v) is 16.3. The van der Waals surface area contributed by atoms with Crippen molar-refractivity contribution in [3.05, 3.63) is 47.9 Å². The molecule has 2 N–H and O–H groups in total. The van der Waals surface area contributed by atoms with Crippen LogP contribution in [0, 0.1) is 6.92 Å². The molecule has 0 unspecified atom stereocenters. The average Bonchev–Trinajstić information content (AvgIpc) is 3.17.